The highest BCUT2D eigenvalue weighted by Gasteiger charge is 2.09. The van der Waals surface area contributed by atoms with E-state index in [9.17, 15) is 9.59 Å². The van der Waals surface area contributed by atoms with Gasteiger partial charge < -0.3 is 10.6 Å². The first kappa shape index (κ1) is 18.3. The third-order valence-electron chi connectivity index (χ3n) is 3.98. The Morgan fingerprint density at radius 2 is 1.81 bits per heavy atom. The molecule has 3 aromatic rings. The summed E-state index contributed by atoms with van der Waals surface area (Å²) in [6.07, 6.45) is 1.33. The smallest absolute Gasteiger partial charge is 0.270 e. The fourth-order valence-corrected chi connectivity index (χ4v) is 2.61. The molecular formula is C21H20N4O2. The lowest BCUT2D eigenvalue weighted by molar-refractivity contribution is 0.0945. The highest BCUT2D eigenvalue weighted by atomic mass is 16.1. The zero-order valence-electron chi connectivity index (χ0n) is 15.2. The molecule has 0 radical (unpaired) electrons. The monoisotopic (exact) mass is 360 g/mol. The van der Waals surface area contributed by atoms with E-state index in [0.717, 1.165) is 11.1 Å². The Kier molecular flexibility index (Phi) is 5.56. The molecule has 0 atom stereocenters. The van der Waals surface area contributed by atoms with E-state index >= 15 is 0 Å². The Labute approximate surface area is 157 Å². The van der Waals surface area contributed by atoms with Crippen LogP contribution in [0.25, 0.3) is 0 Å². The number of carbonyl (C=O) groups is 2. The largest absolute Gasteiger partial charge is 0.347 e. The van der Waals surface area contributed by atoms with E-state index in [1.54, 1.807) is 24.3 Å². The zero-order chi connectivity index (χ0) is 19.2. The van der Waals surface area contributed by atoms with Crippen LogP contribution in [0.4, 0.5) is 11.5 Å². The maximum Gasteiger partial charge on any atom is 0.270 e. The molecule has 0 aliphatic carbocycles. The first-order valence-corrected chi connectivity index (χ1v) is 8.55. The van der Waals surface area contributed by atoms with E-state index in [-0.39, 0.29) is 17.4 Å². The summed E-state index contributed by atoms with van der Waals surface area (Å²) in [4.78, 5) is 32.0. The van der Waals surface area contributed by atoms with Crippen LogP contribution >= 0.6 is 0 Å². The molecular weight excluding hydrogens is 340 g/mol. The first-order valence-electron chi connectivity index (χ1n) is 8.55. The van der Waals surface area contributed by atoms with Gasteiger partial charge in [-0.05, 0) is 31.5 Å². The summed E-state index contributed by atoms with van der Waals surface area (Å²) in [6, 6.07) is 16.6. The topological polar surface area (TPSA) is 84.0 Å². The number of benzene rings is 2. The Morgan fingerprint density at radius 3 is 2.59 bits per heavy atom. The minimum atomic E-state index is -0.278. The molecule has 3 rings (SSSR count). The van der Waals surface area contributed by atoms with Crippen LogP contribution in [0.5, 0.6) is 0 Å². The highest BCUT2D eigenvalue weighted by molar-refractivity contribution is 5.95. The van der Waals surface area contributed by atoms with Crippen LogP contribution in [0.1, 0.15) is 38.9 Å². The molecule has 6 heteroatoms. The number of aromatic nitrogens is 2. The second kappa shape index (κ2) is 8.23. The van der Waals surface area contributed by atoms with Crippen molar-refractivity contribution >= 4 is 23.2 Å². The van der Waals surface area contributed by atoms with Crippen LogP contribution in [0.2, 0.25) is 0 Å². The lowest BCUT2D eigenvalue weighted by Gasteiger charge is -2.09. The van der Waals surface area contributed by atoms with Gasteiger partial charge in [-0.3, -0.25) is 9.59 Å². The normalized spacial score (nSPS) is 10.3. The van der Waals surface area contributed by atoms with Gasteiger partial charge in [0.05, 0.1) is 0 Å². The minimum Gasteiger partial charge on any atom is -0.347 e. The number of anilines is 2. The van der Waals surface area contributed by atoms with E-state index in [1.165, 1.54) is 13.3 Å². The van der Waals surface area contributed by atoms with Gasteiger partial charge in [-0.25, -0.2) is 9.97 Å². The predicted octanol–water partition coefficient (Wildman–Crippen LogP) is 3.66. The number of rotatable bonds is 6. The van der Waals surface area contributed by atoms with Crippen LogP contribution in [-0.2, 0) is 6.54 Å². The van der Waals surface area contributed by atoms with Crippen LogP contribution in [0, 0.1) is 6.92 Å². The fraction of sp³-hybridized carbons (Fsp3) is 0.143. The molecule has 136 valence electrons. The molecule has 2 aromatic carbocycles. The Morgan fingerprint density at radius 1 is 1.00 bits per heavy atom. The second-order valence-electron chi connectivity index (χ2n) is 6.22. The SMILES string of the molecule is CC(=O)c1cccc(Nc2cc(C(=O)NCc3cccc(C)c3)ncn2)c1. The number of aryl methyl sites for hydroxylation is 1. The molecule has 6 nitrogen and oxygen atoms in total. The Balaban J connectivity index is 1.68. The molecule has 0 fully saturated rings. The molecule has 27 heavy (non-hydrogen) atoms. The molecule has 0 unspecified atom stereocenters. The lowest BCUT2D eigenvalue weighted by atomic mass is 10.1. The Hall–Kier alpha value is -3.54. The molecule has 0 saturated carbocycles. The van der Waals surface area contributed by atoms with Crippen LogP contribution in [-0.4, -0.2) is 21.7 Å². The third-order valence-corrected chi connectivity index (χ3v) is 3.98. The Bertz CT molecular complexity index is 985. The van der Waals surface area contributed by atoms with Crippen molar-refractivity contribution in [1.82, 2.24) is 15.3 Å². The van der Waals surface area contributed by atoms with E-state index in [2.05, 4.69) is 20.6 Å². The van der Waals surface area contributed by atoms with Crippen LogP contribution in [0.15, 0.2) is 60.9 Å². The van der Waals surface area contributed by atoms with Crippen LogP contribution in [0.3, 0.4) is 0 Å². The van der Waals surface area contributed by atoms with Crippen molar-refractivity contribution in [3.63, 3.8) is 0 Å². The summed E-state index contributed by atoms with van der Waals surface area (Å²) in [7, 11) is 0. The van der Waals surface area contributed by atoms with E-state index < -0.39 is 0 Å². The summed E-state index contributed by atoms with van der Waals surface area (Å²) >= 11 is 0. The summed E-state index contributed by atoms with van der Waals surface area (Å²) in [5.41, 5.74) is 3.75. The molecule has 0 spiro atoms. The van der Waals surface area contributed by atoms with E-state index in [0.29, 0.717) is 23.6 Å². The maximum absolute atomic E-state index is 12.4. The van der Waals surface area contributed by atoms with Gasteiger partial charge in [0.2, 0.25) is 0 Å². The fourth-order valence-electron chi connectivity index (χ4n) is 2.61. The molecule has 1 amide bonds. The summed E-state index contributed by atoms with van der Waals surface area (Å²) in [5.74, 6) is 0.184. The first-order chi connectivity index (χ1) is 13.0. The van der Waals surface area contributed by atoms with Gasteiger partial charge in [0.15, 0.2) is 5.78 Å². The number of carbonyl (C=O) groups excluding carboxylic acids is 2. The van der Waals surface area contributed by atoms with Crippen molar-refractivity contribution in [2.24, 2.45) is 0 Å². The molecule has 0 aliphatic rings. The molecule has 0 aliphatic heterocycles. The molecule has 1 heterocycles. The number of ketones is 1. The quantitative estimate of drug-likeness (QED) is 0.656. The third kappa shape index (κ3) is 4.98. The van der Waals surface area contributed by atoms with Crippen molar-refractivity contribution in [2.45, 2.75) is 20.4 Å². The standard InChI is InChI=1S/C21H20N4O2/c1-14-5-3-6-16(9-14)12-22-21(27)19-11-20(24-13-23-19)25-18-8-4-7-17(10-18)15(2)26/h3-11,13H,12H2,1-2H3,(H,22,27)(H,23,24,25). The van der Waals surface area contributed by atoms with Gasteiger partial charge in [0.25, 0.3) is 5.91 Å². The summed E-state index contributed by atoms with van der Waals surface area (Å²) < 4.78 is 0. The maximum atomic E-state index is 12.4. The summed E-state index contributed by atoms with van der Waals surface area (Å²) in [6.45, 7) is 3.95. The molecule has 0 saturated heterocycles. The number of hydrogen-bond donors (Lipinski definition) is 2. The van der Waals surface area contributed by atoms with Crippen molar-refractivity contribution in [3.8, 4) is 0 Å². The van der Waals surface area contributed by atoms with Crippen molar-refractivity contribution < 1.29 is 9.59 Å². The van der Waals surface area contributed by atoms with Gasteiger partial charge in [0, 0.05) is 23.9 Å². The summed E-state index contributed by atoms with van der Waals surface area (Å²) in [5, 5.41) is 5.95. The average molecular weight is 360 g/mol. The van der Waals surface area contributed by atoms with Crippen molar-refractivity contribution in [1.29, 1.82) is 0 Å². The number of Topliss-reactive ketones (excluding diaryl/α,β-unsaturated/α-hetero) is 1. The van der Waals surface area contributed by atoms with E-state index in [4.69, 9.17) is 0 Å². The van der Waals surface area contributed by atoms with Gasteiger partial charge in [-0.15, -0.1) is 0 Å². The van der Waals surface area contributed by atoms with Gasteiger partial charge >= 0.3 is 0 Å². The van der Waals surface area contributed by atoms with Crippen molar-refractivity contribution in [3.05, 3.63) is 83.3 Å². The molecule has 0 bridgehead atoms. The predicted molar refractivity (Wildman–Crippen MR) is 104 cm³/mol. The highest BCUT2D eigenvalue weighted by Crippen LogP contribution is 2.16. The molecule has 2 N–H and O–H groups in total. The minimum absolute atomic E-state index is 0.0162. The number of nitrogens with zero attached hydrogens (tertiary/aromatic N) is 2. The lowest BCUT2D eigenvalue weighted by Crippen LogP contribution is -2.24. The molecule has 1 aromatic heterocycles. The number of amides is 1. The average Bonchev–Trinajstić information content (AvgIpc) is 2.66. The number of hydrogen-bond acceptors (Lipinski definition) is 5. The van der Waals surface area contributed by atoms with Crippen molar-refractivity contribution in [2.75, 3.05) is 5.32 Å². The van der Waals surface area contributed by atoms with E-state index in [1.807, 2.05) is 37.3 Å². The van der Waals surface area contributed by atoms with Gasteiger partial charge in [-0.2, -0.15) is 0 Å². The number of nitrogens with one attached hydrogen (secondary N) is 2. The van der Waals surface area contributed by atoms with Crippen LogP contribution < -0.4 is 10.6 Å². The van der Waals surface area contributed by atoms with Gasteiger partial charge in [0.1, 0.15) is 17.8 Å². The second-order valence-corrected chi connectivity index (χ2v) is 6.22. The van der Waals surface area contributed by atoms with Gasteiger partial charge in [-0.1, -0.05) is 42.0 Å². The zero-order valence-corrected chi connectivity index (χ0v) is 15.2.